The van der Waals surface area contributed by atoms with Crippen molar-refractivity contribution in [1.29, 1.82) is 0 Å². The number of nitrogens with zero attached hydrogens (tertiary/aromatic N) is 2. The quantitative estimate of drug-likeness (QED) is 0.705. The fourth-order valence-electron chi connectivity index (χ4n) is 3.74. The Balaban J connectivity index is 1.68. The van der Waals surface area contributed by atoms with E-state index in [1.165, 1.54) is 12.1 Å². The highest BCUT2D eigenvalue weighted by molar-refractivity contribution is 6.04. The van der Waals surface area contributed by atoms with Crippen LogP contribution in [0, 0.1) is 11.6 Å². The number of carbonyl (C=O) groups is 1. The van der Waals surface area contributed by atoms with Crippen LogP contribution >= 0.6 is 0 Å². The number of halogens is 2. The molecule has 2 aromatic carbocycles. The Morgan fingerprint density at radius 2 is 1.69 bits per heavy atom. The molecule has 0 aliphatic carbocycles. The molecule has 0 unspecified atom stereocenters. The largest absolute Gasteiger partial charge is 0.367 e. The molecular weight excluding hydrogens is 372 g/mol. The molecule has 2 aromatic rings. The first kappa shape index (κ1) is 21.2. The molecule has 4 nitrogen and oxygen atoms in total. The Bertz CT molecular complexity index is 823. The summed E-state index contributed by atoms with van der Waals surface area (Å²) in [5.74, 6) is -1.68. The van der Waals surface area contributed by atoms with E-state index in [9.17, 15) is 13.6 Å². The number of rotatable bonds is 7. The number of carbonyl (C=O) groups excluding carboxylic acids is 1. The van der Waals surface area contributed by atoms with Gasteiger partial charge >= 0.3 is 0 Å². The summed E-state index contributed by atoms with van der Waals surface area (Å²) in [6, 6.07) is 10.1. The topological polar surface area (TPSA) is 35.6 Å². The van der Waals surface area contributed by atoms with Crippen LogP contribution in [0.25, 0.3) is 0 Å². The summed E-state index contributed by atoms with van der Waals surface area (Å²) < 4.78 is 28.9. The molecule has 0 spiro atoms. The third-order valence-corrected chi connectivity index (χ3v) is 5.44. The summed E-state index contributed by atoms with van der Waals surface area (Å²) in [6.45, 7) is 9.48. The highest BCUT2D eigenvalue weighted by Gasteiger charge is 2.21. The molecule has 3 rings (SSSR count). The standard InChI is InChI=1S/C23H29F2N3O/c1-4-27(16(2)3)15-17-7-9-18(10-8-17)23(29)26-19-13-20(24)22(21(25)14-19)28-11-5-6-12-28/h7-10,13-14,16H,4-6,11-12,15H2,1-3H3,(H,26,29). The third kappa shape index (κ3) is 5.12. The molecule has 1 fully saturated rings. The van der Waals surface area contributed by atoms with E-state index in [-0.39, 0.29) is 17.3 Å². The van der Waals surface area contributed by atoms with Gasteiger partial charge in [-0.15, -0.1) is 0 Å². The van der Waals surface area contributed by atoms with Crippen molar-refractivity contribution in [2.45, 2.75) is 46.2 Å². The second-order valence-corrected chi connectivity index (χ2v) is 7.79. The maximum atomic E-state index is 14.5. The van der Waals surface area contributed by atoms with Gasteiger partial charge in [-0.2, -0.15) is 0 Å². The van der Waals surface area contributed by atoms with Crippen molar-refractivity contribution in [3.05, 3.63) is 59.2 Å². The molecule has 1 N–H and O–H groups in total. The molecule has 1 saturated heterocycles. The number of nitrogens with one attached hydrogen (secondary N) is 1. The summed E-state index contributed by atoms with van der Waals surface area (Å²) in [5, 5.41) is 2.60. The monoisotopic (exact) mass is 401 g/mol. The third-order valence-electron chi connectivity index (χ3n) is 5.44. The predicted octanol–water partition coefficient (Wildman–Crippen LogP) is 5.05. The van der Waals surface area contributed by atoms with Crippen molar-refractivity contribution in [3.63, 3.8) is 0 Å². The second-order valence-electron chi connectivity index (χ2n) is 7.79. The van der Waals surface area contributed by atoms with Gasteiger partial charge < -0.3 is 10.2 Å². The second kappa shape index (κ2) is 9.35. The summed E-state index contributed by atoms with van der Waals surface area (Å²) >= 11 is 0. The smallest absolute Gasteiger partial charge is 0.255 e. The van der Waals surface area contributed by atoms with Crippen LogP contribution in [-0.2, 0) is 6.54 Å². The van der Waals surface area contributed by atoms with E-state index >= 15 is 0 Å². The van der Waals surface area contributed by atoms with Crippen LogP contribution in [0.1, 0.15) is 49.5 Å². The first-order chi connectivity index (χ1) is 13.9. The average molecular weight is 402 g/mol. The van der Waals surface area contributed by atoms with E-state index in [0.717, 1.165) is 31.5 Å². The Hall–Kier alpha value is -2.47. The SMILES string of the molecule is CCN(Cc1ccc(C(=O)Nc2cc(F)c(N3CCCC3)c(F)c2)cc1)C(C)C. The van der Waals surface area contributed by atoms with E-state index in [2.05, 4.69) is 31.0 Å². The van der Waals surface area contributed by atoms with Crippen molar-refractivity contribution < 1.29 is 13.6 Å². The molecule has 0 atom stereocenters. The molecule has 6 heteroatoms. The Morgan fingerprint density at radius 1 is 1.10 bits per heavy atom. The molecule has 0 saturated carbocycles. The molecule has 156 valence electrons. The van der Waals surface area contributed by atoms with Gasteiger partial charge in [0.15, 0.2) is 11.6 Å². The molecule has 1 heterocycles. The van der Waals surface area contributed by atoms with Gasteiger partial charge in [-0.1, -0.05) is 19.1 Å². The predicted molar refractivity (Wildman–Crippen MR) is 113 cm³/mol. The van der Waals surface area contributed by atoms with Crippen LogP contribution < -0.4 is 10.2 Å². The molecule has 0 bridgehead atoms. The van der Waals surface area contributed by atoms with E-state index in [4.69, 9.17) is 0 Å². The summed E-state index contributed by atoms with van der Waals surface area (Å²) in [4.78, 5) is 16.5. The Morgan fingerprint density at radius 3 is 2.21 bits per heavy atom. The van der Waals surface area contributed by atoms with Crippen LogP contribution in [0.4, 0.5) is 20.2 Å². The minimum absolute atomic E-state index is 0.00418. The van der Waals surface area contributed by atoms with Crippen LogP contribution in [0.5, 0.6) is 0 Å². The Labute approximate surface area is 171 Å². The van der Waals surface area contributed by atoms with E-state index in [0.29, 0.717) is 24.7 Å². The van der Waals surface area contributed by atoms with E-state index < -0.39 is 11.6 Å². The van der Waals surface area contributed by atoms with E-state index in [1.807, 2.05) is 12.1 Å². The number of amides is 1. The van der Waals surface area contributed by atoms with Crippen LogP contribution in [0.15, 0.2) is 36.4 Å². The number of hydrogen-bond acceptors (Lipinski definition) is 3. The molecule has 0 aromatic heterocycles. The van der Waals surface area contributed by atoms with Gasteiger partial charge in [0.2, 0.25) is 0 Å². The fraction of sp³-hybridized carbons (Fsp3) is 0.435. The van der Waals surface area contributed by atoms with Gasteiger partial charge in [0, 0.05) is 36.9 Å². The van der Waals surface area contributed by atoms with Crippen LogP contribution in [0.2, 0.25) is 0 Å². The fourth-order valence-corrected chi connectivity index (χ4v) is 3.74. The van der Waals surface area contributed by atoms with Gasteiger partial charge in [0.1, 0.15) is 5.69 Å². The molecule has 29 heavy (non-hydrogen) atoms. The summed E-state index contributed by atoms with van der Waals surface area (Å²) in [6.07, 6.45) is 1.86. The van der Waals surface area contributed by atoms with Gasteiger partial charge in [0.05, 0.1) is 0 Å². The summed E-state index contributed by atoms with van der Waals surface area (Å²) in [5.41, 5.74) is 1.68. The molecule has 1 aliphatic rings. The van der Waals surface area contributed by atoms with E-state index in [1.54, 1.807) is 17.0 Å². The first-order valence-corrected chi connectivity index (χ1v) is 10.3. The molecule has 1 aliphatic heterocycles. The Kier molecular flexibility index (Phi) is 6.85. The minimum Gasteiger partial charge on any atom is -0.367 e. The average Bonchev–Trinajstić information content (AvgIpc) is 3.20. The molecule has 1 amide bonds. The molecule has 0 radical (unpaired) electrons. The van der Waals surface area contributed by atoms with Crippen molar-refractivity contribution in [2.24, 2.45) is 0 Å². The zero-order valence-electron chi connectivity index (χ0n) is 17.3. The minimum atomic E-state index is -0.647. The lowest BCUT2D eigenvalue weighted by atomic mass is 10.1. The lowest BCUT2D eigenvalue weighted by molar-refractivity contribution is 0.102. The van der Waals surface area contributed by atoms with Crippen molar-refractivity contribution in [3.8, 4) is 0 Å². The highest BCUT2D eigenvalue weighted by Crippen LogP contribution is 2.29. The highest BCUT2D eigenvalue weighted by atomic mass is 19.1. The number of hydrogen-bond donors (Lipinski definition) is 1. The van der Waals surface area contributed by atoms with Gasteiger partial charge in [-0.3, -0.25) is 9.69 Å². The van der Waals surface area contributed by atoms with Crippen molar-refractivity contribution in [1.82, 2.24) is 4.90 Å². The maximum Gasteiger partial charge on any atom is 0.255 e. The van der Waals surface area contributed by atoms with Crippen molar-refractivity contribution in [2.75, 3.05) is 29.9 Å². The van der Waals surface area contributed by atoms with Crippen LogP contribution in [-0.4, -0.2) is 36.5 Å². The zero-order chi connectivity index (χ0) is 21.0. The van der Waals surface area contributed by atoms with Crippen molar-refractivity contribution >= 4 is 17.3 Å². The number of anilines is 2. The molecular formula is C23H29F2N3O. The van der Waals surface area contributed by atoms with Gasteiger partial charge in [0.25, 0.3) is 5.91 Å². The number of benzene rings is 2. The zero-order valence-corrected chi connectivity index (χ0v) is 17.3. The first-order valence-electron chi connectivity index (χ1n) is 10.3. The summed E-state index contributed by atoms with van der Waals surface area (Å²) in [7, 11) is 0. The maximum absolute atomic E-state index is 14.5. The van der Waals surface area contributed by atoms with Gasteiger partial charge in [-0.05, 0) is 63.1 Å². The normalized spacial score (nSPS) is 14.1. The van der Waals surface area contributed by atoms with Crippen LogP contribution in [0.3, 0.4) is 0 Å². The van der Waals surface area contributed by atoms with Gasteiger partial charge in [-0.25, -0.2) is 8.78 Å². The lowest BCUT2D eigenvalue weighted by Gasteiger charge is -2.24. The lowest BCUT2D eigenvalue weighted by Crippen LogP contribution is -2.29.